The van der Waals surface area contributed by atoms with E-state index in [1.807, 2.05) is 6.92 Å². The first-order valence-electron chi connectivity index (χ1n) is 6.36. The highest BCUT2D eigenvalue weighted by Crippen LogP contribution is 2.22. The van der Waals surface area contributed by atoms with Crippen LogP contribution in [0, 0.1) is 0 Å². The molecule has 0 bridgehead atoms. The standard InChI is InChI=1S/C12H22N2O2/c1-11(10-15)14-5-3-2-4-12(14)13-6-8-16-9-7-13/h10-12H,2-9H2,1H3. The molecule has 0 spiro atoms. The van der Waals surface area contributed by atoms with Gasteiger partial charge in [-0.15, -0.1) is 0 Å². The van der Waals surface area contributed by atoms with Gasteiger partial charge >= 0.3 is 0 Å². The van der Waals surface area contributed by atoms with Gasteiger partial charge in [-0.2, -0.15) is 0 Å². The molecule has 0 amide bonds. The van der Waals surface area contributed by atoms with Crippen molar-refractivity contribution in [2.75, 3.05) is 32.8 Å². The van der Waals surface area contributed by atoms with E-state index < -0.39 is 0 Å². The van der Waals surface area contributed by atoms with Crippen molar-refractivity contribution in [3.05, 3.63) is 0 Å². The maximum atomic E-state index is 10.9. The molecule has 0 radical (unpaired) electrons. The Morgan fingerprint density at radius 2 is 2.00 bits per heavy atom. The molecule has 2 aliphatic rings. The second-order valence-electron chi connectivity index (χ2n) is 4.74. The predicted molar refractivity (Wildman–Crippen MR) is 62.3 cm³/mol. The molecule has 0 aromatic rings. The molecule has 16 heavy (non-hydrogen) atoms. The van der Waals surface area contributed by atoms with E-state index in [-0.39, 0.29) is 6.04 Å². The number of carbonyl (C=O) groups excluding carboxylic acids is 1. The summed E-state index contributed by atoms with van der Waals surface area (Å²) in [6.07, 6.45) is 5.22. The Hall–Kier alpha value is -0.450. The molecule has 0 saturated carbocycles. The molecular weight excluding hydrogens is 204 g/mol. The zero-order valence-corrected chi connectivity index (χ0v) is 10.1. The molecular formula is C12H22N2O2. The van der Waals surface area contributed by atoms with Gasteiger partial charge in [0.1, 0.15) is 6.29 Å². The van der Waals surface area contributed by atoms with Gasteiger partial charge in [-0.3, -0.25) is 9.80 Å². The van der Waals surface area contributed by atoms with Crippen molar-refractivity contribution in [3.8, 4) is 0 Å². The number of hydrogen-bond acceptors (Lipinski definition) is 4. The quantitative estimate of drug-likeness (QED) is 0.664. The maximum Gasteiger partial charge on any atom is 0.136 e. The maximum absolute atomic E-state index is 10.9. The van der Waals surface area contributed by atoms with Crippen molar-refractivity contribution in [3.63, 3.8) is 0 Å². The molecule has 2 heterocycles. The zero-order valence-electron chi connectivity index (χ0n) is 10.1. The first-order valence-corrected chi connectivity index (χ1v) is 6.36. The Morgan fingerprint density at radius 3 is 2.69 bits per heavy atom. The molecule has 2 atom stereocenters. The fourth-order valence-electron chi connectivity index (χ4n) is 2.76. The van der Waals surface area contributed by atoms with Crippen LogP contribution < -0.4 is 0 Å². The number of piperidine rings is 1. The van der Waals surface area contributed by atoms with Crippen LogP contribution in [0.3, 0.4) is 0 Å². The van der Waals surface area contributed by atoms with E-state index in [1.54, 1.807) is 0 Å². The Balaban J connectivity index is 1.99. The first kappa shape index (κ1) is 12.0. The average Bonchev–Trinajstić information content (AvgIpc) is 2.39. The van der Waals surface area contributed by atoms with E-state index in [2.05, 4.69) is 9.80 Å². The fourth-order valence-corrected chi connectivity index (χ4v) is 2.76. The number of rotatable bonds is 3. The molecule has 0 aliphatic carbocycles. The lowest BCUT2D eigenvalue weighted by Crippen LogP contribution is -2.57. The van der Waals surface area contributed by atoms with E-state index in [1.165, 1.54) is 19.3 Å². The number of likely N-dealkylation sites (tertiary alicyclic amines) is 1. The Labute approximate surface area is 97.5 Å². The summed E-state index contributed by atoms with van der Waals surface area (Å²) in [5.74, 6) is 0. The smallest absolute Gasteiger partial charge is 0.136 e. The molecule has 2 unspecified atom stereocenters. The second-order valence-corrected chi connectivity index (χ2v) is 4.74. The lowest BCUT2D eigenvalue weighted by molar-refractivity contribution is -0.117. The summed E-state index contributed by atoms with van der Waals surface area (Å²) in [5, 5.41) is 0. The molecule has 2 fully saturated rings. The van der Waals surface area contributed by atoms with Gasteiger partial charge in [-0.25, -0.2) is 0 Å². The van der Waals surface area contributed by atoms with Crippen LogP contribution in [0.5, 0.6) is 0 Å². The van der Waals surface area contributed by atoms with Gasteiger partial charge < -0.3 is 9.53 Å². The third kappa shape index (κ3) is 2.62. The van der Waals surface area contributed by atoms with Crippen molar-refractivity contribution in [2.45, 2.75) is 38.4 Å². The van der Waals surface area contributed by atoms with E-state index in [9.17, 15) is 4.79 Å². The number of nitrogens with zero attached hydrogens (tertiary/aromatic N) is 2. The third-order valence-corrected chi connectivity index (χ3v) is 3.70. The van der Waals surface area contributed by atoms with Crippen LogP contribution in [-0.4, -0.2) is 61.1 Å². The molecule has 2 saturated heterocycles. The molecule has 0 aromatic heterocycles. The number of morpholine rings is 1. The van der Waals surface area contributed by atoms with E-state index in [0.29, 0.717) is 6.17 Å². The van der Waals surface area contributed by atoms with Crippen LogP contribution in [0.15, 0.2) is 0 Å². The summed E-state index contributed by atoms with van der Waals surface area (Å²) in [5.41, 5.74) is 0. The zero-order chi connectivity index (χ0) is 11.4. The lowest BCUT2D eigenvalue weighted by atomic mass is 10.0. The summed E-state index contributed by atoms with van der Waals surface area (Å²) in [6, 6.07) is 0.0492. The van der Waals surface area contributed by atoms with E-state index >= 15 is 0 Å². The Kier molecular flexibility index (Phi) is 4.32. The van der Waals surface area contributed by atoms with E-state index in [0.717, 1.165) is 39.1 Å². The topological polar surface area (TPSA) is 32.8 Å². The molecule has 4 nitrogen and oxygen atoms in total. The van der Waals surface area contributed by atoms with Crippen LogP contribution in [0.1, 0.15) is 26.2 Å². The molecule has 0 aromatic carbocycles. The molecule has 4 heteroatoms. The predicted octanol–water partition coefficient (Wildman–Crippen LogP) is 0.718. The minimum absolute atomic E-state index is 0.0492. The van der Waals surface area contributed by atoms with Gasteiger partial charge in [-0.05, 0) is 26.2 Å². The summed E-state index contributed by atoms with van der Waals surface area (Å²) in [7, 11) is 0. The molecule has 92 valence electrons. The molecule has 2 aliphatic heterocycles. The van der Waals surface area contributed by atoms with Crippen LogP contribution in [0.25, 0.3) is 0 Å². The molecule has 2 rings (SSSR count). The summed E-state index contributed by atoms with van der Waals surface area (Å²) in [4.78, 5) is 15.8. The third-order valence-electron chi connectivity index (χ3n) is 3.70. The fraction of sp³-hybridized carbons (Fsp3) is 0.917. The highest BCUT2D eigenvalue weighted by atomic mass is 16.5. The van der Waals surface area contributed by atoms with Crippen LogP contribution in [0.4, 0.5) is 0 Å². The van der Waals surface area contributed by atoms with Gasteiger partial charge in [0.15, 0.2) is 0 Å². The van der Waals surface area contributed by atoms with Crippen LogP contribution in [0.2, 0.25) is 0 Å². The van der Waals surface area contributed by atoms with Crippen molar-refractivity contribution < 1.29 is 9.53 Å². The Bertz CT molecular complexity index is 229. The summed E-state index contributed by atoms with van der Waals surface area (Å²) >= 11 is 0. The minimum Gasteiger partial charge on any atom is -0.379 e. The van der Waals surface area contributed by atoms with Crippen molar-refractivity contribution in [2.24, 2.45) is 0 Å². The van der Waals surface area contributed by atoms with Crippen molar-refractivity contribution in [1.82, 2.24) is 9.80 Å². The van der Waals surface area contributed by atoms with Gasteiger partial charge in [0.05, 0.1) is 25.4 Å². The first-order chi connectivity index (χ1) is 7.83. The number of hydrogen-bond donors (Lipinski definition) is 0. The van der Waals surface area contributed by atoms with Gasteiger partial charge in [-0.1, -0.05) is 0 Å². The van der Waals surface area contributed by atoms with Crippen LogP contribution in [-0.2, 0) is 9.53 Å². The average molecular weight is 226 g/mol. The monoisotopic (exact) mass is 226 g/mol. The lowest BCUT2D eigenvalue weighted by Gasteiger charge is -2.45. The highest BCUT2D eigenvalue weighted by molar-refractivity contribution is 5.56. The number of carbonyl (C=O) groups is 1. The highest BCUT2D eigenvalue weighted by Gasteiger charge is 2.31. The van der Waals surface area contributed by atoms with Gasteiger partial charge in [0, 0.05) is 19.6 Å². The van der Waals surface area contributed by atoms with Crippen LogP contribution >= 0.6 is 0 Å². The van der Waals surface area contributed by atoms with Gasteiger partial charge in [0.2, 0.25) is 0 Å². The number of ether oxygens (including phenoxy) is 1. The van der Waals surface area contributed by atoms with Gasteiger partial charge in [0.25, 0.3) is 0 Å². The molecule has 0 N–H and O–H groups in total. The second kappa shape index (κ2) is 5.75. The summed E-state index contributed by atoms with van der Waals surface area (Å²) in [6.45, 7) is 6.74. The van der Waals surface area contributed by atoms with Crippen molar-refractivity contribution >= 4 is 6.29 Å². The SMILES string of the molecule is CC(C=O)N1CCCCC1N1CCOCC1. The number of aldehydes is 1. The minimum atomic E-state index is 0.0492. The largest absolute Gasteiger partial charge is 0.379 e. The normalized spacial score (nSPS) is 31.2. The van der Waals surface area contributed by atoms with Crippen molar-refractivity contribution in [1.29, 1.82) is 0 Å². The van der Waals surface area contributed by atoms with E-state index in [4.69, 9.17) is 4.74 Å². The summed E-state index contributed by atoms with van der Waals surface area (Å²) < 4.78 is 5.38. The Morgan fingerprint density at radius 1 is 1.25 bits per heavy atom.